The van der Waals surface area contributed by atoms with Gasteiger partial charge in [-0.05, 0) is 19.1 Å². The van der Waals surface area contributed by atoms with E-state index in [9.17, 15) is 4.79 Å². The second-order valence-corrected chi connectivity index (χ2v) is 4.15. The lowest BCUT2D eigenvalue weighted by molar-refractivity contribution is -0.119. The van der Waals surface area contributed by atoms with E-state index in [2.05, 4.69) is 9.97 Å². The number of amides is 1. The van der Waals surface area contributed by atoms with E-state index in [0.717, 1.165) is 11.3 Å². The molecule has 1 aromatic heterocycles. The van der Waals surface area contributed by atoms with E-state index in [1.165, 1.54) is 0 Å². The van der Waals surface area contributed by atoms with Crippen LogP contribution in [0, 0.1) is 0 Å². The smallest absolute Gasteiger partial charge is 0.226 e. The lowest BCUT2D eigenvalue weighted by atomic mass is 10.1. The van der Waals surface area contributed by atoms with Crippen LogP contribution >= 0.6 is 0 Å². The fourth-order valence-corrected chi connectivity index (χ4v) is 1.70. The number of carbonyl (C=O) groups excluding carboxylic acids is 1. The first-order chi connectivity index (χ1) is 9.13. The highest BCUT2D eigenvalue weighted by molar-refractivity contribution is 5.80. The van der Waals surface area contributed by atoms with Gasteiger partial charge in [0.25, 0.3) is 0 Å². The van der Waals surface area contributed by atoms with Crippen LogP contribution in [0.3, 0.4) is 0 Å². The molecule has 0 radical (unpaired) electrons. The molecule has 2 rings (SSSR count). The number of hydrogen-bond acceptors (Lipinski definition) is 4. The number of primary amides is 1. The number of aromatic nitrogens is 2. The Hall–Kier alpha value is -2.43. The number of hydrogen-bond donors (Lipinski definition) is 1. The molecule has 0 bridgehead atoms. The second-order valence-electron chi connectivity index (χ2n) is 4.15. The van der Waals surface area contributed by atoms with Gasteiger partial charge in [-0.3, -0.25) is 14.8 Å². The van der Waals surface area contributed by atoms with Gasteiger partial charge in [0, 0.05) is 11.8 Å². The highest BCUT2D eigenvalue weighted by Crippen LogP contribution is 2.27. The first-order valence-electron chi connectivity index (χ1n) is 5.88. The zero-order valence-corrected chi connectivity index (χ0v) is 10.8. The third-order valence-corrected chi connectivity index (χ3v) is 2.93. The Bertz CT molecular complexity index is 581. The molecule has 5 heteroatoms. The Kier molecular flexibility index (Phi) is 3.75. The standard InChI is InChI=1S/C14H15N3O2/c1-9(14(15)18)11-7-17-12(8-16-11)10-5-3-4-6-13(10)19-2/h3-9H,1-2H3,(H2,15,18). The van der Waals surface area contributed by atoms with Gasteiger partial charge in [0.2, 0.25) is 5.91 Å². The van der Waals surface area contributed by atoms with Gasteiger partial charge < -0.3 is 10.5 Å². The van der Waals surface area contributed by atoms with E-state index in [4.69, 9.17) is 10.5 Å². The summed E-state index contributed by atoms with van der Waals surface area (Å²) in [5.41, 5.74) is 7.35. The fourth-order valence-electron chi connectivity index (χ4n) is 1.70. The summed E-state index contributed by atoms with van der Waals surface area (Å²) < 4.78 is 5.27. The van der Waals surface area contributed by atoms with Gasteiger partial charge in [0.1, 0.15) is 5.75 Å². The monoisotopic (exact) mass is 257 g/mol. The van der Waals surface area contributed by atoms with Crippen molar-refractivity contribution in [2.24, 2.45) is 5.73 Å². The summed E-state index contributed by atoms with van der Waals surface area (Å²) >= 11 is 0. The van der Waals surface area contributed by atoms with Crippen LogP contribution < -0.4 is 10.5 Å². The average Bonchev–Trinajstić information content (AvgIpc) is 2.46. The van der Waals surface area contributed by atoms with E-state index in [0.29, 0.717) is 11.4 Å². The number of para-hydroxylation sites is 1. The number of ether oxygens (including phenoxy) is 1. The van der Waals surface area contributed by atoms with Gasteiger partial charge in [-0.2, -0.15) is 0 Å². The lowest BCUT2D eigenvalue weighted by Crippen LogP contribution is -2.19. The third-order valence-electron chi connectivity index (χ3n) is 2.93. The van der Waals surface area contributed by atoms with Crippen molar-refractivity contribution < 1.29 is 9.53 Å². The van der Waals surface area contributed by atoms with Gasteiger partial charge in [-0.15, -0.1) is 0 Å². The highest BCUT2D eigenvalue weighted by atomic mass is 16.5. The molecule has 0 aliphatic carbocycles. The first kappa shape index (κ1) is 13.0. The van der Waals surface area contributed by atoms with Crippen molar-refractivity contribution in [3.63, 3.8) is 0 Å². The second kappa shape index (κ2) is 5.48. The van der Waals surface area contributed by atoms with Crippen LogP contribution in [0.15, 0.2) is 36.7 Å². The molecule has 1 atom stereocenters. The van der Waals surface area contributed by atoms with Crippen molar-refractivity contribution in [2.75, 3.05) is 7.11 Å². The minimum absolute atomic E-state index is 0.417. The van der Waals surface area contributed by atoms with E-state index in [1.54, 1.807) is 26.4 Å². The van der Waals surface area contributed by atoms with Gasteiger partial charge in [-0.25, -0.2) is 0 Å². The van der Waals surface area contributed by atoms with Crippen LogP contribution in [0.5, 0.6) is 5.75 Å². The van der Waals surface area contributed by atoms with Gasteiger partial charge in [-0.1, -0.05) is 12.1 Å². The molecule has 2 aromatic rings. The van der Waals surface area contributed by atoms with Crippen molar-refractivity contribution in [2.45, 2.75) is 12.8 Å². The number of benzene rings is 1. The Balaban J connectivity index is 2.35. The maximum atomic E-state index is 11.1. The molecule has 1 unspecified atom stereocenters. The van der Waals surface area contributed by atoms with Crippen LogP contribution in [0.1, 0.15) is 18.5 Å². The van der Waals surface area contributed by atoms with Crippen molar-refractivity contribution in [1.82, 2.24) is 9.97 Å². The fraction of sp³-hybridized carbons (Fsp3) is 0.214. The Morgan fingerprint density at radius 1 is 1.26 bits per heavy atom. The molecular formula is C14H15N3O2. The van der Waals surface area contributed by atoms with Crippen LogP contribution in [0.4, 0.5) is 0 Å². The molecule has 0 aliphatic rings. The quantitative estimate of drug-likeness (QED) is 0.904. The molecule has 2 N–H and O–H groups in total. The predicted octanol–water partition coefficient (Wildman–Crippen LogP) is 1.74. The maximum absolute atomic E-state index is 11.1. The molecule has 5 nitrogen and oxygen atoms in total. The van der Waals surface area contributed by atoms with Crippen molar-refractivity contribution >= 4 is 5.91 Å². The first-order valence-corrected chi connectivity index (χ1v) is 5.88. The minimum atomic E-state index is -0.445. The van der Waals surface area contributed by atoms with E-state index >= 15 is 0 Å². The van der Waals surface area contributed by atoms with E-state index in [-0.39, 0.29) is 0 Å². The van der Waals surface area contributed by atoms with Crippen LogP contribution in [0.2, 0.25) is 0 Å². The zero-order valence-electron chi connectivity index (χ0n) is 10.8. The largest absolute Gasteiger partial charge is 0.496 e. The molecule has 0 saturated heterocycles. The summed E-state index contributed by atoms with van der Waals surface area (Å²) in [6, 6.07) is 7.55. The van der Waals surface area contributed by atoms with Gasteiger partial charge in [0.05, 0.1) is 30.6 Å². The maximum Gasteiger partial charge on any atom is 0.226 e. The molecule has 0 fully saturated rings. The average molecular weight is 257 g/mol. The SMILES string of the molecule is COc1ccccc1-c1cnc(C(C)C(N)=O)cn1. The molecule has 98 valence electrons. The summed E-state index contributed by atoms with van der Waals surface area (Å²) in [7, 11) is 1.61. The summed E-state index contributed by atoms with van der Waals surface area (Å²) in [5, 5.41) is 0. The molecule has 0 saturated carbocycles. The van der Waals surface area contributed by atoms with Crippen molar-refractivity contribution in [1.29, 1.82) is 0 Å². The molecule has 1 aromatic carbocycles. The molecule has 19 heavy (non-hydrogen) atoms. The van der Waals surface area contributed by atoms with Crippen LogP contribution in [-0.2, 0) is 4.79 Å². The van der Waals surface area contributed by atoms with Gasteiger partial charge in [0.15, 0.2) is 0 Å². The number of nitrogens with two attached hydrogens (primary N) is 1. The Morgan fingerprint density at radius 2 is 2.00 bits per heavy atom. The lowest BCUT2D eigenvalue weighted by Gasteiger charge is -2.09. The van der Waals surface area contributed by atoms with E-state index in [1.807, 2.05) is 24.3 Å². The number of nitrogens with zero attached hydrogens (tertiary/aromatic N) is 2. The summed E-state index contributed by atoms with van der Waals surface area (Å²) in [6.07, 6.45) is 3.18. The van der Waals surface area contributed by atoms with Crippen molar-refractivity contribution in [3.05, 3.63) is 42.4 Å². The number of methoxy groups -OCH3 is 1. The molecular weight excluding hydrogens is 242 g/mol. The number of carbonyl (C=O) groups is 1. The molecule has 0 spiro atoms. The van der Waals surface area contributed by atoms with Crippen LogP contribution in [0.25, 0.3) is 11.3 Å². The van der Waals surface area contributed by atoms with E-state index < -0.39 is 11.8 Å². The zero-order chi connectivity index (χ0) is 13.8. The Morgan fingerprint density at radius 3 is 2.58 bits per heavy atom. The normalized spacial score (nSPS) is 11.9. The third kappa shape index (κ3) is 2.70. The number of rotatable bonds is 4. The topological polar surface area (TPSA) is 78.1 Å². The molecule has 0 aliphatic heterocycles. The predicted molar refractivity (Wildman–Crippen MR) is 71.6 cm³/mol. The highest BCUT2D eigenvalue weighted by Gasteiger charge is 2.14. The molecule has 1 amide bonds. The summed E-state index contributed by atoms with van der Waals surface area (Å²) in [6.45, 7) is 1.70. The summed E-state index contributed by atoms with van der Waals surface area (Å²) in [5.74, 6) is -0.133. The Labute approximate surface area is 111 Å². The van der Waals surface area contributed by atoms with Crippen molar-refractivity contribution in [3.8, 4) is 17.0 Å². The minimum Gasteiger partial charge on any atom is -0.496 e. The summed E-state index contributed by atoms with van der Waals surface area (Å²) in [4.78, 5) is 19.6. The van der Waals surface area contributed by atoms with Gasteiger partial charge >= 0.3 is 0 Å². The molecule has 1 heterocycles. The van der Waals surface area contributed by atoms with Crippen LogP contribution in [-0.4, -0.2) is 23.0 Å².